The van der Waals surface area contributed by atoms with Gasteiger partial charge in [-0.15, -0.1) is 0 Å². The van der Waals surface area contributed by atoms with Gasteiger partial charge in [0.15, 0.2) is 0 Å². The van der Waals surface area contributed by atoms with Gasteiger partial charge in [-0.2, -0.15) is 0 Å². The van der Waals surface area contributed by atoms with Crippen molar-refractivity contribution in [3.05, 3.63) is 53.7 Å². The van der Waals surface area contributed by atoms with Gasteiger partial charge in [0.2, 0.25) is 5.91 Å². The van der Waals surface area contributed by atoms with Crippen LogP contribution in [0.25, 0.3) is 0 Å². The van der Waals surface area contributed by atoms with E-state index in [4.69, 9.17) is 5.73 Å². The molecule has 0 radical (unpaired) electrons. The molecule has 1 heterocycles. The molecule has 5 N–H and O–H groups in total. The zero-order chi connectivity index (χ0) is 15.9. The molecule has 22 heavy (non-hydrogen) atoms. The molecule has 0 unspecified atom stereocenters. The van der Waals surface area contributed by atoms with Crippen molar-refractivity contribution in [2.45, 2.75) is 6.42 Å². The number of phenolic OH excluding ortho intramolecular Hbond substituents is 3. The van der Waals surface area contributed by atoms with E-state index >= 15 is 0 Å². The molecule has 1 aliphatic rings. The second kappa shape index (κ2) is 5.00. The molecule has 2 aromatic carbocycles. The van der Waals surface area contributed by atoms with Crippen LogP contribution < -0.4 is 10.6 Å². The first-order valence-electron chi connectivity index (χ1n) is 6.59. The van der Waals surface area contributed by atoms with Crippen LogP contribution in [0.5, 0.6) is 17.2 Å². The third-order valence-corrected chi connectivity index (χ3v) is 3.52. The number of aromatic hydroxyl groups is 3. The maximum absolute atomic E-state index is 11.5. The molecule has 0 saturated carbocycles. The number of carbonyl (C=O) groups is 1. The van der Waals surface area contributed by atoms with E-state index < -0.39 is 5.91 Å². The minimum absolute atomic E-state index is 0.0584. The van der Waals surface area contributed by atoms with Gasteiger partial charge in [0.05, 0.1) is 5.69 Å². The molecule has 0 bridgehead atoms. The monoisotopic (exact) mass is 298 g/mol. The highest BCUT2D eigenvalue weighted by Crippen LogP contribution is 2.42. The number of fused-ring (bicyclic) bond motifs is 1. The van der Waals surface area contributed by atoms with Crippen molar-refractivity contribution in [2.75, 3.05) is 4.90 Å². The number of nitrogens with zero attached hydrogens (tertiary/aromatic N) is 1. The Morgan fingerprint density at radius 3 is 2.55 bits per heavy atom. The molecule has 1 amide bonds. The van der Waals surface area contributed by atoms with Crippen LogP contribution in [-0.2, 0) is 11.2 Å². The van der Waals surface area contributed by atoms with Gasteiger partial charge >= 0.3 is 0 Å². The molecule has 0 saturated heterocycles. The van der Waals surface area contributed by atoms with Gasteiger partial charge in [-0.3, -0.25) is 4.79 Å². The molecule has 0 atom stereocenters. The minimum atomic E-state index is -0.594. The van der Waals surface area contributed by atoms with Gasteiger partial charge in [0.25, 0.3) is 0 Å². The fourth-order valence-corrected chi connectivity index (χ4v) is 2.49. The summed E-state index contributed by atoms with van der Waals surface area (Å²) in [4.78, 5) is 13.1. The van der Waals surface area contributed by atoms with Crippen molar-refractivity contribution in [3.63, 3.8) is 0 Å². The van der Waals surface area contributed by atoms with E-state index in [1.54, 1.807) is 23.2 Å². The lowest BCUT2D eigenvalue weighted by molar-refractivity contribution is -0.114. The van der Waals surface area contributed by atoms with E-state index in [-0.39, 0.29) is 23.7 Å². The molecule has 3 rings (SSSR count). The van der Waals surface area contributed by atoms with Gasteiger partial charge in [0, 0.05) is 47.6 Å². The Hall–Kier alpha value is -3.15. The van der Waals surface area contributed by atoms with Gasteiger partial charge < -0.3 is 26.0 Å². The van der Waals surface area contributed by atoms with Crippen LogP contribution in [0, 0.1) is 0 Å². The van der Waals surface area contributed by atoms with Crippen molar-refractivity contribution in [3.8, 4) is 17.2 Å². The average Bonchev–Trinajstić information content (AvgIpc) is 2.46. The molecular formula is C16H14N2O4. The lowest BCUT2D eigenvalue weighted by atomic mass is 9.97. The molecule has 6 nitrogen and oxygen atoms in total. The smallest absolute Gasteiger partial charge is 0.246 e. The quantitative estimate of drug-likeness (QED) is 0.677. The molecule has 6 heteroatoms. The highest BCUT2D eigenvalue weighted by atomic mass is 16.3. The molecule has 112 valence electrons. The highest BCUT2D eigenvalue weighted by Gasteiger charge is 2.25. The number of anilines is 2. The zero-order valence-corrected chi connectivity index (χ0v) is 11.5. The Kier molecular flexibility index (Phi) is 3.14. The predicted octanol–water partition coefficient (Wildman–Crippen LogP) is 1.87. The molecule has 0 aliphatic carbocycles. The third-order valence-electron chi connectivity index (χ3n) is 3.52. The number of amides is 1. The standard InChI is InChI=1S/C16H14N2O4/c17-16(22)9-4-13-14(6-12(20)7-15(13)21)18(8-9)10-2-1-3-11(19)5-10/h1-3,5-8,19-21H,4H2,(H2,17,22). The van der Waals surface area contributed by atoms with E-state index in [2.05, 4.69) is 0 Å². The van der Waals surface area contributed by atoms with E-state index in [0.29, 0.717) is 22.5 Å². The van der Waals surface area contributed by atoms with Gasteiger partial charge in [-0.05, 0) is 12.1 Å². The summed E-state index contributed by atoms with van der Waals surface area (Å²) < 4.78 is 0. The molecular weight excluding hydrogens is 284 g/mol. The Balaban J connectivity index is 2.22. The number of rotatable bonds is 2. The molecule has 0 aromatic heterocycles. The van der Waals surface area contributed by atoms with Gasteiger partial charge in [-0.1, -0.05) is 6.07 Å². The number of carbonyl (C=O) groups excluding carboxylic acids is 1. The van der Waals surface area contributed by atoms with Crippen molar-refractivity contribution in [1.82, 2.24) is 0 Å². The van der Waals surface area contributed by atoms with Gasteiger partial charge in [0.1, 0.15) is 17.2 Å². The summed E-state index contributed by atoms with van der Waals surface area (Å²) in [6.45, 7) is 0. The summed E-state index contributed by atoms with van der Waals surface area (Å²) in [5.41, 5.74) is 7.26. The number of hydrogen-bond acceptors (Lipinski definition) is 5. The van der Waals surface area contributed by atoms with Crippen LogP contribution in [0.2, 0.25) is 0 Å². The normalized spacial score (nSPS) is 13.5. The Bertz CT molecular complexity index is 799. The van der Waals surface area contributed by atoms with Crippen LogP contribution in [0.4, 0.5) is 11.4 Å². The van der Waals surface area contributed by atoms with Crippen LogP contribution in [0.1, 0.15) is 5.56 Å². The summed E-state index contributed by atoms with van der Waals surface area (Å²) in [5, 5.41) is 29.4. The summed E-state index contributed by atoms with van der Waals surface area (Å²) in [7, 11) is 0. The largest absolute Gasteiger partial charge is 0.508 e. The summed E-state index contributed by atoms with van der Waals surface area (Å²) >= 11 is 0. The zero-order valence-electron chi connectivity index (χ0n) is 11.5. The third kappa shape index (κ3) is 2.31. The fraction of sp³-hybridized carbons (Fsp3) is 0.0625. The van der Waals surface area contributed by atoms with E-state index in [1.165, 1.54) is 24.3 Å². The minimum Gasteiger partial charge on any atom is -0.508 e. The number of phenols is 3. The van der Waals surface area contributed by atoms with Crippen LogP contribution >= 0.6 is 0 Å². The van der Waals surface area contributed by atoms with Crippen LogP contribution in [-0.4, -0.2) is 21.2 Å². The fourth-order valence-electron chi connectivity index (χ4n) is 2.49. The number of benzene rings is 2. The average molecular weight is 298 g/mol. The topological polar surface area (TPSA) is 107 Å². The Morgan fingerprint density at radius 2 is 1.86 bits per heavy atom. The number of nitrogens with two attached hydrogens (primary N) is 1. The molecule has 2 aromatic rings. The Morgan fingerprint density at radius 1 is 1.09 bits per heavy atom. The summed E-state index contributed by atoms with van der Waals surface area (Å²) in [6, 6.07) is 9.10. The van der Waals surface area contributed by atoms with Crippen molar-refractivity contribution < 1.29 is 20.1 Å². The molecule has 0 spiro atoms. The maximum atomic E-state index is 11.5. The SMILES string of the molecule is NC(=O)C1=CN(c2cccc(O)c2)c2cc(O)cc(O)c2C1. The van der Waals surface area contributed by atoms with Crippen LogP contribution in [0.15, 0.2) is 48.2 Å². The van der Waals surface area contributed by atoms with Crippen molar-refractivity contribution >= 4 is 17.3 Å². The first-order valence-corrected chi connectivity index (χ1v) is 6.59. The number of hydrogen-bond donors (Lipinski definition) is 4. The first kappa shape index (κ1) is 13.8. The number of primary amides is 1. The maximum Gasteiger partial charge on any atom is 0.246 e. The van der Waals surface area contributed by atoms with Crippen LogP contribution in [0.3, 0.4) is 0 Å². The Labute approximate surface area is 126 Å². The van der Waals surface area contributed by atoms with E-state index in [1.807, 2.05) is 0 Å². The van der Waals surface area contributed by atoms with Crippen molar-refractivity contribution in [2.24, 2.45) is 5.73 Å². The lowest BCUT2D eigenvalue weighted by Gasteiger charge is -2.29. The highest BCUT2D eigenvalue weighted by molar-refractivity contribution is 5.95. The second-order valence-corrected chi connectivity index (χ2v) is 5.05. The summed E-state index contributed by atoms with van der Waals surface area (Å²) in [6.07, 6.45) is 1.71. The van der Waals surface area contributed by atoms with E-state index in [0.717, 1.165) is 0 Å². The molecule has 0 fully saturated rings. The lowest BCUT2D eigenvalue weighted by Crippen LogP contribution is -2.24. The summed E-state index contributed by atoms with van der Waals surface area (Å²) in [5.74, 6) is -0.754. The predicted molar refractivity (Wildman–Crippen MR) is 81.0 cm³/mol. The van der Waals surface area contributed by atoms with E-state index in [9.17, 15) is 20.1 Å². The van der Waals surface area contributed by atoms with Gasteiger partial charge in [-0.25, -0.2) is 0 Å². The second-order valence-electron chi connectivity index (χ2n) is 5.05. The molecule has 1 aliphatic heterocycles. The van der Waals surface area contributed by atoms with Crippen molar-refractivity contribution in [1.29, 1.82) is 0 Å². The first-order chi connectivity index (χ1) is 10.5.